The van der Waals surface area contributed by atoms with Gasteiger partial charge in [0, 0.05) is 6.54 Å². The molecule has 0 aromatic rings. The minimum atomic E-state index is -0.202. The van der Waals surface area contributed by atoms with Crippen LogP contribution in [-0.2, 0) is 0 Å². The molecule has 1 aliphatic heterocycles. The molecule has 0 amide bonds. The number of nitrogens with zero attached hydrogens (tertiary/aromatic N) is 3. The van der Waals surface area contributed by atoms with E-state index in [0.29, 0.717) is 5.12 Å². The Kier molecular flexibility index (Phi) is 3.51. The summed E-state index contributed by atoms with van der Waals surface area (Å²) in [5.41, 5.74) is 0. The molecule has 76 valence electrons. The van der Waals surface area contributed by atoms with Gasteiger partial charge in [-0.3, -0.25) is 5.01 Å². The predicted molar refractivity (Wildman–Crippen MR) is 51.7 cm³/mol. The monoisotopic (exact) mass is 187 g/mol. The Balaban J connectivity index is 2.48. The van der Waals surface area contributed by atoms with Gasteiger partial charge in [-0.1, -0.05) is 31.7 Å². The lowest BCUT2D eigenvalue weighted by Gasteiger charge is -2.28. The van der Waals surface area contributed by atoms with E-state index in [1.807, 2.05) is 18.9 Å². The van der Waals surface area contributed by atoms with Gasteiger partial charge >= 0.3 is 0 Å². The smallest absolute Gasteiger partial charge is 0.151 e. The van der Waals surface area contributed by atoms with E-state index in [1.165, 1.54) is 6.34 Å². The van der Waals surface area contributed by atoms with Crippen LogP contribution in [0.25, 0.3) is 0 Å². The largest absolute Gasteiger partial charge is 0.270 e. The van der Waals surface area contributed by atoms with Crippen molar-refractivity contribution >= 4 is 6.34 Å². The zero-order chi connectivity index (χ0) is 9.84. The molecule has 0 saturated heterocycles. The maximum atomic E-state index is 13.2. The quantitative estimate of drug-likeness (QED) is 0.628. The number of hydrogen-bond acceptors (Lipinski definition) is 3. The second-order valence-electron chi connectivity index (χ2n) is 3.75. The van der Waals surface area contributed by atoms with E-state index in [0.717, 1.165) is 19.4 Å². The van der Waals surface area contributed by atoms with Gasteiger partial charge in [-0.2, -0.15) is 10.2 Å². The summed E-state index contributed by atoms with van der Waals surface area (Å²) in [6.45, 7) is 6.98. The molecule has 4 heteroatoms. The minimum Gasteiger partial charge on any atom is -0.270 e. The van der Waals surface area contributed by atoms with Gasteiger partial charge in [-0.05, 0) is 12.3 Å². The molecular weight excluding hydrogens is 169 g/mol. The summed E-state index contributed by atoms with van der Waals surface area (Å²) in [5, 5.41) is 6.54. The lowest BCUT2D eigenvalue weighted by Crippen LogP contribution is -2.40. The highest BCUT2D eigenvalue weighted by Crippen LogP contribution is 2.20. The van der Waals surface area contributed by atoms with Crippen LogP contribution in [0.4, 0.5) is 4.48 Å². The fraction of sp³-hybridized carbons (Fsp3) is 0.889. The summed E-state index contributed by atoms with van der Waals surface area (Å²) in [6.07, 6.45) is 3.24. The Morgan fingerprint density at radius 3 is 2.77 bits per heavy atom. The van der Waals surface area contributed by atoms with Gasteiger partial charge in [0.2, 0.25) is 0 Å². The van der Waals surface area contributed by atoms with Crippen LogP contribution in [0.5, 0.6) is 0 Å². The number of hydrazone groups is 1. The first-order chi connectivity index (χ1) is 6.16. The van der Waals surface area contributed by atoms with Crippen LogP contribution < -0.4 is 0 Å². The zero-order valence-corrected chi connectivity index (χ0v) is 8.57. The van der Waals surface area contributed by atoms with E-state index >= 15 is 0 Å². The van der Waals surface area contributed by atoms with Gasteiger partial charge in [-0.15, -0.1) is 0 Å². The van der Waals surface area contributed by atoms with Crippen LogP contribution >= 0.6 is 0 Å². The van der Waals surface area contributed by atoms with Crippen LogP contribution in [0.1, 0.15) is 33.6 Å². The normalized spacial score (nSPS) is 22.1. The van der Waals surface area contributed by atoms with Crippen molar-refractivity contribution in [2.45, 2.75) is 39.8 Å². The molecule has 0 N–H and O–H groups in total. The Morgan fingerprint density at radius 1 is 1.54 bits per heavy atom. The molecule has 13 heavy (non-hydrogen) atoms. The van der Waals surface area contributed by atoms with E-state index in [9.17, 15) is 4.48 Å². The Hall–Kier alpha value is -0.800. The van der Waals surface area contributed by atoms with Gasteiger partial charge in [-0.25, -0.2) is 0 Å². The second kappa shape index (κ2) is 4.44. The molecule has 0 bridgehead atoms. The molecule has 0 aromatic carbocycles. The molecule has 1 atom stereocenters. The maximum absolute atomic E-state index is 13.2. The Morgan fingerprint density at radius 2 is 2.23 bits per heavy atom. The molecule has 1 heterocycles. The summed E-state index contributed by atoms with van der Waals surface area (Å²) in [5.74, 6) is 0.254. The standard InChI is InChI=1S/C9H18FN3/c1-4-5-6-13-9(8(2)3)12(10)7-11-13/h7-9H,4-6H2,1-3H3. The molecule has 0 aromatic heterocycles. The van der Waals surface area contributed by atoms with E-state index in [2.05, 4.69) is 12.0 Å². The van der Waals surface area contributed by atoms with Crippen molar-refractivity contribution in [2.75, 3.05) is 6.54 Å². The summed E-state index contributed by atoms with van der Waals surface area (Å²) in [7, 11) is 0. The van der Waals surface area contributed by atoms with E-state index in [4.69, 9.17) is 0 Å². The topological polar surface area (TPSA) is 18.8 Å². The summed E-state index contributed by atoms with van der Waals surface area (Å²) in [6, 6.07) is 0. The SMILES string of the molecule is CCCCN1N=CN(F)C1C(C)C. The molecule has 0 radical (unpaired) electrons. The fourth-order valence-electron chi connectivity index (χ4n) is 1.52. The van der Waals surface area contributed by atoms with Crippen molar-refractivity contribution in [3.8, 4) is 0 Å². The number of rotatable bonds is 4. The highest BCUT2D eigenvalue weighted by Gasteiger charge is 2.30. The number of halogens is 1. The number of hydrogen-bond donors (Lipinski definition) is 0. The molecule has 3 nitrogen and oxygen atoms in total. The maximum Gasteiger partial charge on any atom is 0.151 e. The van der Waals surface area contributed by atoms with Crippen LogP contribution in [0.15, 0.2) is 5.10 Å². The van der Waals surface area contributed by atoms with Gasteiger partial charge in [0.1, 0.15) is 6.34 Å². The summed E-state index contributed by atoms with van der Waals surface area (Å²) >= 11 is 0. The average Bonchev–Trinajstić information content (AvgIpc) is 2.43. The third-order valence-corrected chi connectivity index (χ3v) is 2.21. The van der Waals surface area contributed by atoms with Gasteiger partial charge in [0.05, 0.1) is 0 Å². The molecule has 1 aliphatic rings. The van der Waals surface area contributed by atoms with Crippen molar-refractivity contribution in [1.29, 1.82) is 0 Å². The van der Waals surface area contributed by atoms with Gasteiger partial charge in [0.25, 0.3) is 0 Å². The molecule has 1 rings (SSSR count). The molecular formula is C9H18FN3. The zero-order valence-electron chi connectivity index (χ0n) is 8.57. The molecule has 0 aliphatic carbocycles. The predicted octanol–water partition coefficient (Wildman–Crippen LogP) is 2.21. The lowest BCUT2D eigenvalue weighted by molar-refractivity contribution is -0.0218. The highest BCUT2D eigenvalue weighted by molar-refractivity contribution is 5.55. The van der Waals surface area contributed by atoms with Crippen molar-refractivity contribution < 1.29 is 4.48 Å². The third-order valence-electron chi connectivity index (χ3n) is 2.21. The van der Waals surface area contributed by atoms with Crippen LogP contribution in [0, 0.1) is 5.92 Å². The molecule has 1 unspecified atom stereocenters. The molecule has 0 fully saturated rings. The van der Waals surface area contributed by atoms with E-state index in [-0.39, 0.29) is 12.1 Å². The Labute approximate surface area is 79.1 Å². The van der Waals surface area contributed by atoms with Crippen molar-refractivity contribution in [3.05, 3.63) is 0 Å². The van der Waals surface area contributed by atoms with Crippen molar-refractivity contribution in [1.82, 2.24) is 10.1 Å². The van der Waals surface area contributed by atoms with Crippen LogP contribution in [0.3, 0.4) is 0 Å². The van der Waals surface area contributed by atoms with Gasteiger partial charge < -0.3 is 0 Å². The average molecular weight is 187 g/mol. The highest BCUT2D eigenvalue weighted by atomic mass is 19.2. The first-order valence-corrected chi connectivity index (χ1v) is 4.91. The first kappa shape index (κ1) is 10.3. The van der Waals surface area contributed by atoms with E-state index in [1.54, 1.807) is 0 Å². The second-order valence-corrected chi connectivity index (χ2v) is 3.75. The summed E-state index contributed by atoms with van der Waals surface area (Å²) < 4.78 is 13.2. The van der Waals surface area contributed by atoms with Crippen LogP contribution in [0.2, 0.25) is 0 Å². The van der Waals surface area contributed by atoms with Crippen molar-refractivity contribution in [2.24, 2.45) is 11.0 Å². The lowest BCUT2D eigenvalue weighted by atomic mass is 10.1. The fourth-order valence-corrected chi connectivity index (χ4v) is 1.52. The number of unbranched alkanes of at least 4 members (excludes halogenated alkanes) is 1. The molecule has 0 spiro atoms. The third kappa shape index (κ3) is 2.32. The molecule has 0 saturated carbocycles. The minimum absolute atomic E-state index is 0.202. The van der Waals surface area contributed by atoms with E-state index < -0.39 is 0 Å². The van der Waals surface area contributed by atoms with Crippen LogP contribution in [-0.4, -0.2) is 29.2 Å². The Bertz CT molecular complexity index is 182. The van der Waals surface area contributed by atoms with Crippen molar-refractivity contribution in [3.63, 3.8) is 0 Å². The first-order valence-electron chi connectivity index (χ1n) is 4.91. The van der Waals surface area contributed by atoms with Gasteiger partial charge in [0.15, 0.2) is 6.17 Å². The summed E-state index contributed by atoms with van der Waals surface area (Å²) in [4.78, 5) is 0.